The minimum absolute atomic E-state index is 0.167. The van der Waals surface area contributed by atoms with Crippen LogP contribution in [0, 0.1) is 12.7 Å². The molecule has 1 aromatic carbocycles. The Morgan fingerprint density at radius 3 is 2.88 bits per heavy atom. The van der Waals surface area contributed by atoms with Crippen molar-refractivity contribution in [1.82, 2.24) is 20.2 Å². The molecule has 0 unspecified atom stereocenters. The van der Waals surface area contributed by atoms with Crippen LogP contribution in [0.4, 0.5) is 4.39 Å². The van der Waals surface area contributed by atoms with E-state index >= 15 is 0 Å². The van der Waals surface area contributed by atoms with Gasteiger partial charge in [0.25, 0.3) is 0 Å². The lowest BCUT2D eigenvalue weighted by atomic mass is 10.0. The van der Waals surface area contributed by atoms with Gasteiger partial charge in [-0.05, 0) is 36.8 Å². The molecule has 26 heavy (non-hydrogen) atoms. The zero-order valence-electron chi connectivity index (χ0n) is 13.8. The van der Waals surface area contributed by atoms with Crippen LogP contribution in [0.1, 0.15) is 23.2 Å². The van der Waals surface area contributed by atoms with E-state index in [1.54, 1.807) is 35.2 Å². The SMILES string of the molecule is Cc1nnc2n1N[C@H](c1ccc(F)cc1)[C@H](C(=O)NCc1ccco1)S2. The number of fused-ring (bicyclic) bond motifs is 1. The first-order valence-corrected chi connectivity index (χ1v) is 8.90. The van der Waals surface area contributed by atoms with E-state index in [2.05, 4.69) is 20.9 Å². The molecule has 9 heteroatoms. The molecule has 134 valence electrons. The van der Waals surface area contributed by atoms with Crippen molar-refractivity contribution in [2.24, 2.45) is 0 Å². The Morgan fingerprint density at radius 1 is 1.35 bits per heavy atom. The van der Waals surface area contributed by atoms with Gasteiger partial charge in [0.05, 0.1) is 18.8 Å². The molecule has 1 amide bonds. The predicted octanol–water partition coefficient (Wildman–Crippen LogP) is 2.39. The third-order valence-corrected chi connectivity index (χ3v) is 5.32. The fourth-order valence-electron chi connectivity index (χ4n) is 2.77. The van der Waals surface area contributed by atoms with E-state index in [0.717, 1.165) is 5.56 Å². The van der Waals surface area contributed by atoms with Gasteiger partial charge in [0.1, 0.15) is 22.7 Å². The monoisotopic (exact) mass is 373 g/mol. The molecule has 3 heterocycles. The second-order valence-electron chi connectivity index (χ2n) is 5.86. The first-order chi connectivity index (χ1) is 12.6. The predicted molar refractivity (Wildman–Crippen MR) is 93.5 cm³/mol. The zero-order chi connectivity index (χ0) is 18.1. The Kier molecular flexibility index (Phi) is 4.37. The van der Waals surface area contributed by atoms with Crippen molar-refractivity contribution in [2.75, 3.05) is 5.43 Å². The number of amides is 1. The highest BCUT2D eigenvalue weighted by Gasteiger charge is 2.37. The molecule has 3 aromatic rings. The van der Waals surface area contributed by atoms with Gasteiger partial charge in [-0.25, -0.2) is 9.07 Å². The number of nitrogens with zero attached hydrogens (tertiary/aromatic N) is 3. The molecular weight excluding hydrogens is 357 g/mol. The Bertz CT molecular complexity index is 910. The lowest BCUT2D eigenvalue weighted by Gasteiger charge is -2.32. The van der Waals surface area contributed by atoms with Crippen LogP contribution < -0.4 is 10.7 Å². The molecule has 0 fully saturated rings. The smallest absolute Gasteiger partial charge is 0.236 e. The topological polar surface area (TPSA) is 85.0 Å². The molecule has 2 atom stereocenters. The van der Waals surface area contributed by atoms with Crippen molar-refractivity contribution in [3.63, 3.8) is 0 Å². The highest BCUT2D eigenvalue weighted by Crippen LogP contribution is 2.37. The summed E-state index contributed by atoms with van der Waals surface area (Å²) in [5.74, 6) is 0.871. The van der Waals surface area contributed by atoms with Crippen molar-refractivity contribution >= 4 is 17.7 Å². The minimum Gasteiger partial charge on any atom is -0.467 e. The van der Waals surface area contributed by atoms with E-state index in [1.165, 1.54) is 23.9 Å². The molecule has 2 aromatic heterocycles. The van der Waals surface area contributed by atoms with Crippen LogP contribution in [0.3, 0.4) is 0 Å². The lowest BCUT2D eigenvalue weighted by molar-refractivity contribution is -0.121. The van der Waals surface area contributed by atoms with E-state index in [9.17, 15) is 9.18 Å². The summed E-state index contributed by atoms with van der Waals surface area (Å²) in [5.41, 5.74) is 4.07. The quantitative estimate of drug-likeness (QED) is 0.731. The zero-order valence-corrected chi connectivity index (χ0v) is 14.7. The van der Waals surface area contributed by atoms with Gasteiger partial charge in [-0.3, -0.25) is 4.79 Å². The van der Waals surface area contributed by atoms with Gasteiger partial charge in [-0.1, -0.05) is 23.9 Å². The largest absolute Gasteiger partial charge is 0.467 e. The summed E-state index contributed by atoms with van der Waals surface area (Å²) in [6, 6.07) is 9.31. The second kappa shape index (κ2) is 6.83. The summed E-state index contributed by atoms with van der Waals surface area (Å²) < 4.78 is 20.3. The molecule has 0 radical (unpaired) electrons. The summed E-state index contributed by atoms with van der Waals surface area (Å²) >= 11 is 1.32. The summed E-state index contributed by atoms with van der Waals surface area (Å²) in [6.07, 6.45) is 1.56. The molecule has 1 aliphatic rings. The standard InChI is InChI=1S/C17H16FN5O2S/c1-10-20-21-17-23(10)22-14(11-4-6-12(18)7-5-11)15(26-17)16(24)19-9-13-3-2-8-25-13/h2-8,14-15,22H,9H2,1H3,(H,19,24)/t14-,15-/m1/s1. The molecule has 7 nitrogen and oxygen atoms in total. The number of furan rings is 1. The molecule has 1 aliphatic heterocycles. The van der Waals surface area contributed by atoms with Crippen LogP contribution in [-0.2, 0) is 11.3 Å². The van der Waals surface area contributed by atoms with Crippen molar-refractivity contribution in [1.29, 1.82) is 0 Å². The van der Waals surface area contributed by atoms with Crippen LogP contribution in [-0.4, -0.2) is 26.0 Å². The van der Waals surface area contributed by atoms with Crippen LogP contribution in [0.15, 0.2) is 52.2 Å². The average Bonchev–Trinajstić information content (AvgIpc) is 3.29. The Labute approximate surface area is 153 Å². The molecule has 4 rings (SSSR count). The number of rotatable bonds is 4. The average molecular weight is 373 g/mol. The molecular formula is C17H16FN5O2S. The highest BCUT2D eigenvalue weighted by molar-refractivity contribution is 8.00. The van der Waals surface area contributed by atoms with Gasteiger partial charge in [0.2, 0.25) is 11.1 Å². The summed E-state index contributed by atoms with van der Waals surface area (Å²) in [5, 5.41) is 11.1. The van der Waals surface area contributed by atoms with Crippen molar-refractivity contribution in [3.05, 3.63) is 65.6 Å². The fraction of sp³-hybridized carbons (Fsp3) is 0.235. The van der Waals surface area contributed by atoms with Crippen molar-refractivity contribution in [3.8, 4) is 0 Å². The number of nitrogens with one attached hydrogen (secondary N) is 2. The van der Waals surface area contributed by atoms with Crippen molar-refractivity contribution in [2.45, 2.75) is 29.9 Å². The van der Waals surface area contributed by atoms with E-state index in [4.69, 9.17) is 4.42 Å². The minimum atomic E-state index is -0.494. The first kappa shape index (κ1) is 16.6. The first-order valence-electron chi connectivity index (χ1n) is 8.02. The molecule has 0 saturated carbocycles. The van der Waals surface area contributed by atoms with E-state index in [-0.39, 0.29) is 17.8 Å². The van der Waals surface area contributed by atoms with E-state index in [0.29, 0.717) is 23.3 Å². The number of aromatic nitrogens is 3. The van der Waals surface area contributed by atoms with Crippen molar-refractivity contribution < 1.29 is 13.6 Å². The van der Waals surface area contributed by atoms with E-state index < -0.39 is 5.25 Å². The summed E-state index contributed by atoms with van der Waals surface area (Å²) in [6.45, 7) is 2.12. The van der Waals surface area contributed by atoms with Gasteiger partial charge in [-0.15, -0.1) is 10.2 Å². The van der Waals surface area contributed by atoms with Crippen LogP contribution >= 0.6 is 11.8 Å². The number of benzene rings is 1. The summed E-state index contributed by atoms with van der Waals surface area (Å²) in [4.78, 5) is 12.8. The third kappa shape index (κ3) is 3.17. The number of carbonyl (C=O) groups excluding carboxylic acids is 1. The number of carbonyl (C=O) groups is 1. The van der Waals surface area contributed by atoms with Crippen LogP contribution in [0.2, 0.25) is 0 Å². The number of aryl methyl sites for hydroxylation is 1. The Balaban J connectivity index is 1.60. The molecule has 2 N–H and O–H groups in total. The maximum atomic E-state index is 13.3. The van der Waals surface area contributed by atoms with Gasteiger partial charge >= 0.3 is 0 Å². The Morgan fingerprint density at radius 2 is 2.15 bits per heavy atom. The number of halogens is 1. The lowest BCUT2D eigenvalue weighted by Crippen LogP contribution is -2.43. The molecule has 0 saturated heterocycles. The Hall–Kier alpha value is -2.81. The third-order valence-electron chi connectivity index (χ3n) is 4.10. The summed E-state index contributed by atoms with van der Waals surface area (Å²) in [7, 11) is 0. The molecule has 0 aliphatic carbocycles. The maximum absolute atomic E-state index is 13.3. The second-order valence-corrected chi connectivity index (χ2v) is 6.97. The number of hydrogen-bond acceptors (Lipinski definition) is 6. The highest BCUT2D eigenvalue weighted by atomic mass is 32.2. The fourth-order valence-corrected chi connectivity index (χ4v) is 3.92. The number of hydrogen-bond donors (Lipinski definition) is 2. The maximum Gasteiger partial charge on any atom is 0.236 e. The van der Waals surface area contributed by atoms with E-state index in [1.807, 2.05) is 6.92 Å². The normalized spacial score (nSPS) is 18.8. The van der Waals surface area contributed by atoms with Crippen LogP contribution in [0.25, 0.3) is 0 Å². The van der Waals surface area contributed by atoms with Gasteiger partial charge < -0.3 is 15.2 Å². The van der Waals surface area contributed by atoms with Gasteiger partial charge in [-0.2, -0.15) is 0 Å². The van der Waals surface area contributed by atoms with Gasteiger partial charge in [0.15, 0.2) is 0 Å². The molecule has 0 bridgehead atoms. The van der Waals surface area contributed by atoms with Crippen LogP contribution in [0.5, 0.6) is 0 Å². The van der Waals surface area contributed by atoms with Gasteiger partial charge in [0, 0.05) is 0 Å². The molecule has 0 spiro atoms. The number of thioether (sulfide) groups is 1.